The van der Waals surface area contributed by atoms with Gasteiger partial charge in [-0.2, -0.15) is 0 Å². The highest BCUT2D eigenvalue weighted by molar-refractivity contribution is 6.44. The predicted octanol–water partition coefficient (Wildman–Crippen LogP) is 1.22. The summed E-state index contributed by atoms with van der Waals surface area (Å²) < 4.78 is 6.60. The summed E-state index contributed by atoms with van der Waals surface area (Å²) in [6.07, 6.45) is 8.47. The Morgan fingerprint density at radius 1 is 1.48 bits per heavy atom. The van der Waals surface area contributed by atoms with Crippen LogP contribution in [-0.4, -0.2) is 39.3 Å². The lowest BCUT2D eigenvalue weighted by atomic mass is 9.69. The molecule has 2 heterocycles. The zero-order valence-electron chi connectivity index (χ0n) is 13.6. The fourth-order valence-corrected chi connectivity index (χ4v) is 2.80. The van der Waals surface area contributed by atoms with Crippen molar-refractivity contribution in [2.24, 2.45) is 0 Å². The Balaban J connectivity index is 2.19. The average Bonchev–Trinajstić information content (AvgIpc) is 2.62. The van der Waals surface area contributed by atoms with Crippen LogP contribution in [0.4, 0.5) is 0 Å². The molecule has 1 aliphatic rings. The van der Waals surface area contributed by atoms with E-state index in [1.165, 1.54) is 6.20 Å². The summed E-state index contributed by atoms with van der Waals surface area (Å²) in [6, 6.07) is 3.22. The maximum atomic E-state index is 12.6. The van der Waals surface area contributed by atoms with Gasteiger partial charge in [0.2, 0.25) is 5.43 Å². The summed E-state index contributed by atoms with van der Waals surface area (Å²) in [4.78, 5) is 29.0. The first-order valence-electron chi connectivity index (χ1n) is 7.94. The molecule has 25 heavy (non-hydrogen) atoms. The van der Waals surface area contributed by atoms with E-state index < -0.39 is 24.3 Å². The number of pyridine rings is 2. The summed E-state index contributed by atoms with van der Waals surface area (Å²) in [7, 11) is -1.50. The van der Waals surface area contributed by atoms with Crippen LogP contribution in [-0.2, 0) is 4.74 Å². The van der Waals surface area contributed by atoms with E-state index in [4.69, 9.17) is 4.74 Å². The highest BCUT2D eigenvalue weighted by atomic mass is 16.5. The first kappa shape index (κ1) is 17.1. The van der Waals surface area contributed by atoms with Gasteiger partial charge < -0.3 is 19.4 Å². The lowest BCUT2D eigenvalue weighted by Gasteiger charge is -2.21. The van der Waals surface area contributed by atoms with E-state index in [1.54, 1.807) is 48.0 Å². The van der Waals surface area contributed by atoms with Gasteiger partial charge in [0.15, 0.2) is 0 Å². The van der Waals surface area contributed by atoms with Crippen LogP contribution in [0.5, 0.6) is 0 Å². The van der Waals surface area contributed by atoms with Crippen LogP contribution in [0.3, 0.4) is 0 Å². The first-order valence-corrected chi connectivity index (χ1v) is 7.94. The molecule has 1 aliphatic carbocycles. The van der Waals surface area contributed by atoms with Crippen LogP contribution in [0, 0.1) is 0 Å². The topological polar surface area (TPSA) is 102 Å². The molecule has 0 fully saturated rings. The van der Waals surface area contributed by atoms with Crippen molar-refractivity contribution in [2.75, 3.05) is 6.61 Å². The molecule has 0 aromatic carbocycles. The maximum Gasteiger partial charge on any atom is 0.459 e. The molecule has 3 rings (SSSR count). The number of fused-ring (bicyclic) bond motifs is 1. The van der Waals surface area contributed by atoms with Crippen LogP contribution in [0.2, 0.25) is 5.82 Å². The molecule has 0 radical (unpaired) electrons. The Morgan fingerprint density at radius 2 is 2.28 bits per heavy atom. The zero-order valence-corrected chi connectivity index (χ0v) is 13.6. The van der Waals surface area contributed by atoms with E-state index in [0.717, 1.165) is 0 Å². The highest BCUT2D eigenvalue weighted by Gasteiger charge is 2.26. The number of aromatic nitrogens is 2. The van der Waals surface area contributed by atoms with Gasteiger partial charge in [0.25, 0.3) is 0 Å². The number of ether oxygens (including phenoxy) is 1. The third-order valence-electron chi connectivity index (χ3n) is 4.04. The number of allylic oxidation sites excluding steroid dienone is 4. The van der Waals surface area contributed by atoms with Crippen molar-refractivity contribution in [2.45, 2.75) is 19.2 Å². The molecule has 1 unspecified atom stereocenters. The third kappa shape index (κ3) is 3.26. The minimum Gasteiger partial charge on any atom is -0.462 e. The van der Waals surface area contributed by atoms with Gasteiger partial charge in [-0.25, -0.2) is 9.78 Å². The summed E-state index contributed by atoms with van der Waals surface area (Å²) in [5.74, 6) is -1.18. The van der Waals surface area contributed by atoms with Gasteiger partial charge >= 0.3 is 13.1 Å². The van der Waals surface area contributed by atoms with Gasteiger partial charge in [-0.15, -0.1) is 0 Å². The average molecular weight is 340 g/mol. The molecule has 2 N–H and O–H groups in total. The summed E-state index contributed by atoms with van der Waals surface area (Å²) in [5, 5.41) is 19.2. The van der Waals surface area contributed by atoms with Crippen LogP contribution < -0.4 is 5.43 Å². The number of hydrogen-bond donors (Lipinski definition) is 2. The molecule has 8 heteroatoms. The second-order valence-corrected chi connectivity index (χ2v) is 5.66. The fraction of sp³-hybridized carbons (Fsp3) is 0.235. The highest BCUT2D eigenvalue weighted by Crippen LogP contribution is 2.29. The maximum absolute atomic E-state index is 12.6. The van der Waals surface area contributed by atoms with Crippen molar-refractivity contribution in [3.8, 4) is 0 Å². The van der Waals surface area contributed by atoms with E-state index in [1.807, 2.05) is 0 Å². The zero-order chi connectivity index (χ0) is 18.0. The van der Waals surface area contributed by atoms with Gasteiger partial charge in [-0.05, 0) is 31.6 Å². The monoisotopic (exact) mass is 340 g/mol. The van der Waals surface area contributed by atoms with Gasteiger partial charge in [-0.1, -0.05) is 12.2 Å². The van der Waals surface area contributed by atoms with Gasteiger partial charge in [-0.3, -0.25) is 4.79 Å². The fourth-order valence-electron chi connectivity index (χ4n) is 2.80. The summed E-state index contributed by atoms with van der Waals surface area (Å²) in [6.45, 7) is 1.83. The van der Waals surface area contributed by atoms with Crippen molar-refractivity contribution in [3.05, 3.63) is 58.5 Å². The molecule has 0 aliphatic heterocycles. The van der Waals surface area contributed by atoms with E-state index in [-0.39, 0.29) is 12.2 Å². The number of nitrogens with zero attached hydrogens (tertiary/aromatic N) is 2. The van der Waals surface area contributed by atoms with E-state index in [0.29, 0.717) is 23.2 Å². The summed E-state index contributed by atoms with van der Waals surface area (Å²) in [5.41, 5.74) is 0.561. The second-order valence-electron chi connectivity index (χ2n) is 5.66. The molecule has 0 amide bonds. The SMILES string of the molecule is CCOC(=O)c1cn(C2=CC=CC(B(O)O)C2)c2ncccc2c1=O. The van der Waals surface area contributed by atoms with Crippen molar-refractivity contribution in [1.29, 1.82) is 0 Å². The van der Waals surface area contributed by atoms with E-state index >= 15 is 0 Å². The molecule has 1 atom stereocenters. The van der Waals surface area contributed by atoms with Crippen LogP contribution in [0.15, 0.2) is 47.5 Å². The van der Waals surface area contributed by atoms with Crippen LogP contribution >= 0.6 is 0 Å². The Labute approximate surface area is 144 Å². The molecular formula is C17H17BN2O5. The predicted molar refractivity (Wildman–Crippen MR) is 93.9 cm³/mol. The molecule has 0 saturated heterocycles. The molecule has 0 bridgehead atoms. The first-order chi connectivity index (χ1) is 12.0. The molecule has 0 saturated carbocycles. The summed E-state index contributed by atoms with van der Waals surface area (Å²) >= 11 is 0. The number of carbonyl (C=O) groups is 1. The Morgan fingerprint density at radius 3 is 3.00 bits per heavy atom. The quantitative estimate of drug-likeness (QED) is 0.641. The normalized spacial score (nSPS) is 16.6. The Bertz CT molecular complexity index is 932. The molecule has 0 spiro atoms. The smallest absolute Gasteiger partial charge is 0.459 e. The molecular weight excluding hydrogens is 323 g/mol. The molecule has 128 valence electrons. The lowest BCUT2D eigenvalue weighted by Crippen LogP contribution is -2.24. The Kier molecular flexibility index (Phi) is 4.82. The minimum atomic E-state index is -1.50. The number of rotatable bonds is 4. The van der Waals surface area contributed by atoms with Crippen molar-refractivity contribution in [1.82, 2.24) is 9.55 Å². The van der Waals surface area contributed by atoms with E-state index in [9.17, 15) is 19.6 Å². The van der Waals surface area contributed by atoms with Crippen molar-refractivity contribution in [3.63, 3.8) is 0 Å². The largest absolute Gasteiger partial charge is 0.462 e. The minimum absolute atomic E-state index is 0.0844. The van der Waals surface area contributed by atoms with E-state index in [2.05, 4.69) is 4.98 Å². The number of carbonyl (C=O) groups excluding carboxylic acids is 1. The number of hydrogen-bond acceptors (Lipinski definition) is 6. The second kappa shape index (κ2) is 7.04. The van der Waals surface area contributed by atoms with Crippen LogP contribution in [0.1, 0.15) is 23.7 Å². The van der Waals surface area contributed by atoms with Crippen molar-refractivity contribution >= 4 is 29.8 Å². The number of esters is 1. The van der Waals surface area contributed by atoms with Gasteiger partial charge in [0, 0.05) is 23.9 Å². The molecule has 2 aromatic rings. The molecule has 2 aromatic heterocycles. The van der Waals surface area contributed by atoms with Crippen LogP contribution in [0.25, 0.3) is 16.7 Å². The van der Waals surface area contributed by atoms with Gasteiger partial charge in [0.05, 0.1) is 12.0 Å². The molecule has 7 nitrogen and oxygen atoms in total. The third-order valence-corrected chi connectivity index (χ3v) is 4.04. The van der Waals surface area contributed by atoms with Crippen molar-refractivity contribution < 1.29 is 19.6 Å². The standard InChI is InChI=1S/C17H17BN2O5/c1-2-25-17(22)14-10-20(12-6-3-5-11(9-12)18(23)24)16-13(15(14)21)7-4-8-19-16/h3-8,10-11,23-24H,2,9H2,1H3. The Hall–Kier alpha value is -2.71. The van der Waals surface area contributed by atoms with Gasteiger partial charge in [0.1, 0.15) is 11.2 Å². The lowest BCUT2D eigenvalue weighted by molar-refractivity contribution is 0.0524.